The fourth-order valence-electron chi connectivity index (χ4n) is 1.64. The summed E-state index contributed by atoms with van der Waals surface area (Å²) >= 11 is 1.58. The predicted molar refractivity (Wildman–Crippen MR) is 76.0 cm³/mol. The van der Waals surface area contributed by atoms with Crippen molar-refractivity contribution in [2.24, 2.45) is 5.73 Å². The normalized spacial score (nSPS) is 10.9. The monoisotopic (exact) mass is 421 g/mol. The predicted octanol–water partition coefficient (Wildman–Crippen LogP) is 1.65. The molecule has 0 spiro atoms. The van der Waals surface area contributed by atoms with E-state index < -0.39 is 0 Å². The third-order valence-corrected chi connectivity index (χ3v) is 10.5. The Morgan fingerprint density at radius 3 is 2.18 bits per heavy atom. The zero-order valence-corrected chi connectivity index (χ0v) is 14.2. The standard InChI is InChI=1S/C13H11NSe3/c14-8-9-3-4-12(16-9)13-6-5-11(17-13)10-2-1-7-15-10/h1-7H,8,14H2. The van der Waals surface area contributed by atoms with E-state index in [9.17, 15) is 0 Å². The number of hydrogen-bond acceptors (Lipinski definition) is 1. The van der Waals surface area contributed by atoms with Crippen LogP contribution in [0.1, 0.15) is 4.44 Å². The van der Waals surface area contributed by atoms with Crippen LogP contribution >= 0.6 is 0 Å². The van der Waals surface area contributed by atoms with Crippen LogP contribution in [0.15, 0.2) is 41.3 Å². The van der Waals surface area contributed by atoms with Crippen LogP contribution in [0.25, 0.3) is 17.7 Å². The zero-order valence-electron chi connectivity index (χ0n) is 9.05. The van der Waals surface area contributed by atoms with Crippen molar-refractivity contribution in [2.75, 3.05) is 0 Å². The molecule has 3 aromatic heterocycles. The summed E-state index contributed by atoms with van der Waals surface area (Å²) in [7, 11) is 0. The van der Waals surface area contributed by atoms with Crippen molar-refractivity contribution in [1.29, 1.82) is 0 Å². The van der Waals surface area contributed by atoms with Crippen LogP contribution in [0.2, 0.25) is 0 Å². The summed E-state index contributed by atoms with van der Waals surface area (Å²) in [5.74, 6) is 0. The van der Waals surface area contributed by atoms with Crippen LogP contribution in [0, 0.1) is 0 Å². The Hall–Kier alpha value is -0.0416. The van der Waals surface area contributed by atoms with Crippen molar-refractivity contribution in [2.45, 2.75) is 6.54 Å². The Bertz CT molecular complexity index is 604. The second-order valence-electron chi connectivity index (χ2n) is 3.61. The molecule has 4 heteroatoms. The number of rotatable bonds is 3. The molecule has 0 amide bonds. The first-order valence-electron chi connectivity index (χ1n) is 5.29. The van der Waals surface area contributed by atoms with Crippen LogP contribution in [0.3, 0.4) is 0 Å². The fourth-order valence-corrected chi connectivity index (χ4v) is 8.35. The van der Waals surface area contributed by atoms with Gasteiger partial charge in [-0.15, -0.1) is 0 Å². The average molecular weight is 418 g/mol. The minimum absolute atomic E-state index is 0.485. The fraction of sp³-hybridized carbons (Fsp3) is 0.0769. The van der Waals surface area contributed by atoms with Gasteiger partial charge in [0.25, 0.3) is 0 Å². The Morgan fingerprint density at radius 1 is 0.824 bits per heavy atom. The van der Waals surface area contributed by atoms with Gasteiger partial charge < -0.3 is 0 Å². The van der Waals surface area contributed by atoms with Gasteiger partial charge in [-0.3, -0.25) is 0 Å². The molecule has 0 aromatic carbocycles. The van der Waals surface area contributed by atoms with Crippen LogP contribution < -0.4 is 5.73 Å². The number of hydrogen-bond donors (Lipinski definition) is 1. The average Bonchev–Trinajstić information content (AvgIpc) is 3.09. The molecule has 0 saturated heterocycles. The van der Waals surface area contributed by atoms with Crippen molar-refractivity contribution in [1.82, 2.24) is 0 Å². The molecule has 0 atom stereocenters. The van der Waals surface area contributed by atoms with E-state index in [1.807, 2.05) is 0 Å². The van der Waals surface area contributed by atoms with E-state index in [4.69, 9.17) is 5.73 Å². The van der Waals surface area contributed by atoms with Crippen molar-refractivity contribution >= 4 is 43.5 Å². The minimum atomic E-state index is 0.485. The molecule has 2 N–H and O–H groups in total. The van der Waals surface area contributed by atoms with Gasteiger partial charge in [-0.25, -0.2) is 0 Å². The van der Waals surface area contributed by atoms with Gasteiger partial charge in [0.15, 0.2) is 0 Å². The topological polar surface area (TPSA) is 26.0 Å². The van der Waals surface area contributed by atoms with E-state index in [2.05, 4.69) is 41.3 Å². The van der Waals surface area contributed by atoms with Crippen LogP contribution in [-0.4, -0.2) is 43.5 Å². The van der Waals surface area contributed by atoms with Crippen molar-refractivity contribution in [3.63, 3.8) is 0 Å². The number of nitrogens with two attached hydrogens (primary N) is 1. The Labute approximate surface area is 119 Å². The zero-order chi connectivity index (χ0) is 11.7. The summed E-state index contributed by atoms with van der Waals surface area (Å²) in [6, 6.07) is 13.6. The van der Waals surface area contributed by atoms with Gasteiger partial charge in [0.2, 0.25) is 0 Å². The first kappa shape index (κ1) is 12.0. The van der Waals surface area contributed by atoms with E-state index in [1.54, 1.807) is 17.7 Å². The van der Waals surface area contributed by atoms with Crippen LogP contribution in [0.4, 0.5) is 0 Å². The second-order valence-corrected chi connectivity index (χ2v) is 10.3. The third-order valence-electron chi connectivity index (χ3n) is 2.48. The second kappa shape index (κ2) is 5.30. The van der Waals surface area contributed by atoms with Crippen molar-refractivity contribution < 1.29 is 0 Å². The molecule has 0 saturated carbocycles. The molecule has 3 rings (SSSR count). The van der Waals surface area contributed by atoms with Crippen molar-refractivity contribution in [3.8, 4) is 17.7 Å². The molecule has 0 aliphatic carbocycles. The molecule has 0 radical (unpaired) electrons. The van der Waals surface area contributed by atoms with Crippen LogP contribution in [0.5, 0.6) is 0 Å². The first-order valence-corrected chi connectivity index (χ1v) is 10.6. The van der Waals surface area contributed by atoms with Crippen LogP contribution in [-0.2, 0) is 6.54 Å². The van der Waals surface area contributed by atoms with E-state index in [0.29, 0.717) is 43.5 Å². The van der Waals surface area contributed by atoms with E-state index in [1.165, 1.54) is 4.44 Å². The Balaban J connectivity index is 1.94. The molecular formula is C13H11NSe3. The summed E-state index contributed by atoms with van der Waals surface area (Å²) in [6.07, 6.45) is 0. The summed E-state index contributed by atoms with van der Waals surface area (Å²) in [5.41, 5.74) is 5.69. The maximum absolute atomic E-state index is 5.69. The molecule has 3 aromatic rings. The summed E-state index contributed by atoms with van der Waals surface area (Å²) in [4.78, 5) is 2.30. The van der Waals surface area contributed by atoms with Gasteiger partial charge >= 0.3 is 119 Å². The van der Waals surface area contributed by atoms with Gasteiger partial charge in [0, 0.05) is 0 Å². The third kappa shape index (κ3) is 2.54. The van der Waals surface area contributed by atoms with E-state index >= 15 is 0 Å². The Morgan fingerprint density at radius 2 is 1.53 bits per heavy atom. The molecular weight excluding hydrogens is 407 g/mol. The van der Waals surface area contributed by atoms with E-state index in [-0.39, 0.29) is 0 Å². The van der Waals surface area contributed by atoms with Gasteiger partial charge in [-0.05, 0) is 0 Å². The van der Waals surface area contributed by atoms with Gasteiger partial charge in [0.05, 0.1) is 0 Å². The molecule has 17 heavy (non-hydrogen) atoms. The van der Waals surface area contributed by atoms with E-state index in [0.717, 1.165) is 6.54 Å². The van der Waals surface area contributed by atoms with Gasteiger partial charge in [0.1, 0.15) is 0 Å². The van der Waals surface area contributed by atoms with Gasteiger partial charge in [-0.2, -0.15) is 0 Å². The summed E-state index contributed by atoms with van der Waals surface area (Å²) in [6.45, 7) is 0.721. The first-order chi connectivity index (χ1) is 8.36. The molecule has 0 aliphatic rings. The molecule has 0 aliphatic heterocycles. The van der Waals surface area contributed by atoms with Gasteiger partial charge in [-0.1, -0.05) is 0 Å². The SMILES string of the molecule is NCc1ccc(-c2ccc(-c3ccc[se]3)[se]2)[se]1. The summed E-state index contributed by atoms with van der Waals surface area (Å²) in [5, 5.41) is 0. The molecule has 1 nitrogen and oxygen atoms in total. The summed E-state index contributed by atoms with van der Waals surface area (Å²) < 4.78 is 7.68. The molecule has 3 heterocycles. The Kier molecular flexibility index (Phi) is 3.75. The maximum atomic E-state index is 5.69. The van der Waals surface area contributed by atoms with Crippen molar-refractivity contribution in [3.05, 3.63) is 45.8 Å². The molecule has 0 bridgehead atoms. The molecule has 0 unspecified atom stereocenters. The quantitative estimate of drug-likeness (QED) is 0.644. The molecule has 86 valence electrons. The molecule has 0 fully saturated rings.